The van der Waals surface area contributed by atoms with Crippen molar-refractivity contribution < 1.29 is 8.78 Å². The zero-order valence-corrected chi connectivity index (χ0v) is 6.35. The van der Waals surface area contributed by atoms with E-state index in [1.54, 1.807) is 5.38 Å². The molecule has 0 aliphatic carbocycles. The van der Waals surface area contributed by atoms with E-state index in [1.807, 2.05) is 0 Å². The van der Waals surface area contributed by atoms with Crippen molar-refractivity contribution in [2.24, 2.45) is 0 Å². The normalized spacial score (nSPS) is 13.1. The van der Waals surface area contributed by atoms with E-state index in [0.29, 0.717) is 0 Å². The Balaban J connectivity index is 2.99. The average Bonchev–Trinajstić information content (AvgIpc) is 2.36. The molecule has 0 spiro atoms. The van der Waals surface area contributed by atoms with Gasteiger partial charge in [0.2, 0.25) is 5.29 Å². The zero-order valence-electron chi connectivity index (χ0n) is 4.77. The molecule has 0 aliphatic rings. The fourth-order valence-electron chi connectivity index (χ4n) is 0.498. The van der Waals surface area contributed by atoms with E-state index in [1.165, 1.54) is 22.8 Å². The first kappa shape index (κ1) is 7.69. The highest BCUT2D eigenvalue weighted by molar-refractivity contribution is 7.08. The molecule has 10 heavy (non-hydrogen) atoms. The van der Waals surface area contributed by atoms with E-state index in [0.717, 1.165) is 0 Å². The molecule has 1 aromatic heterocycles. The van der Waals surface area contributed by atoms with Gasteiger partial charge in [-0.1, -0.05) is 0 Å². The van der Waals surface area contributed by atoms with Crippen molar-refractivity contribution in [1.29, 1.82) is 0 Å². The summed E-state index contributed by atoms with van der Waals surface area (Å²) in [6.07, 6.45) is 0. The Kier molecular flexibility index (Phi) is 2.40. The molecule has 1 aromatic rings. The molecule has 0 bridgehead atoms. The monoisotopic (exact) mass is 180 g/mol. The molecule has 0 nitrogen and oxygen atoms in total. The fraction of sp³-hybridized carbons (Fsp3) is 0. The third-order valence-electron chi connectivity index (χ3n) is 0.941. The van der Waals surface area contributed by atoms with Crippen LogP contribution in [0.25, 0.3) is 5.83 Å². The van der Waals surface area contributed by atoms with Crippen molar-refractivity contribution in [1.82, 2.24) is 0 Å². The molecule has 0 unspecified atom stereocenters. The zero-order chi connectivity index (χ0) is 7.56. The van der Waals surface area contributed by atoms with E-state index >= 15 is 0 Å². The maximum absolute atomic E-state index is 12.5. The van der Waals surface area contributed by atoms with Crippen molar-refractivity contribution >= 4 is 28.8 Å². The first-order valence-electron chi connectivity index (χ1n) is 2.45. The second kappa shape index (κ2) is 3.12. The topological polar surface area (TPSA) is 0 Å². The van der Waals surface area contributed by atoms with Gasteiger partial charge in [-0.15, -0.1) is 0 Å². The highest BCUT2D eigenvalue weighted by Crippen LogP contribution is 2.24. The first-order valence-corrected chi connectivity index (χ1v) is 3.77. The number of thiophene rings is 1. The molecule has 0 saturated carbocycles. The van der Waals surface area contributed by atoms with Crippen LogP contribution >= 0.6 is 22.9 Å². The van der Waals surface area contributed by atoms with Crippen LogP contribution in [-0.4, -0.2) is 0 Å². The Morgan fingerprint density at radius 1 is 1.50 bits per heavy atom. The number of rotatable bonds is 1. The van der Waals surface area contributed by atoms with Crippen molar-refractivity contribution in [3.05, 3.63) is 27.7 Å². The lowest BCUT2D eigenvalue weighted by atomic mass is 10.3. The Hall–Kier alpha value is -0.410. The van der Waals surface area contributed by atoms with Gasteiger partial charge in [-0.25, -0.2) is 4.39 Å². The summed E-state index contributed by atoms with van der Waals surface area (Å²) in [5.74, 6) is -0.997. The summed E-state index contributed by atoms with van der Waals surface area (Å²) >= 11 is 6.05. The average molecular weight is 181 g/mol. The summed E-state index contributed by atoms with van der Waals surface area (Å²) in [6, 6.07) is 1.46. The second-order valence-electron chi connectivity index (χ2n) is 1.59. The minimum atomic E-state index is -1.29. The van der Waals surface area contributed by atoms with Gasteiger partial charge in [-0.3, -0.25) is 0 Å². The van der Waals surface area contributed by atoms with Crippen molar-refractivity contribution in [2.45, 2.75) is 0 Å². The van der Waals surface area contributed by atoms with Crippen molar-refractivity contribution in [2.75, 3.05) is 0 Å². The van der Waals surface area contributed by atoms with Crippen LogP contribution in [0.4, 0.5) is 8.78 Å². The van der Waals surface area contributed by atoms with Gasteiger partial charge in [0.1, 0.15) is 0 Å². The van der Waals surface area contributed by atoms with Crippen LogP contribution in [0.15, 0.2) is 22.1 Å². The van der Waals surface area contributed by atoms with E-state index in [4.69, 9.17) is 11.6 Å². The van der Waals surface area contributed by atoms with Crippen LogP contribution in [0.1, 0.15) is 5.56 Å². The quantitative estimate of drug-likeness (QED) is 0.620. The Bertz CT molecular complexity index is 236. The molecular formula is C6H3ClF2S. The Labute approximate surface area is 65.7 Å². The smallest absolute Gasteiger partial charge is 0.202 e. The molecule has 0 fully saturated rings. The number of halogens is 3. The summed E-state index contributed by atoms with van der Waals surface area (Å²) in [6.45, 7) is 0. The van der Waals surface area contributed by atoms with Crippen LogP contribution in [0.2, 0.25) is 0 Å². The first-order chi connectivity index (χ1) is 4.72. The lowest BCUT2D eigenvalue weighted by molar-refractivity contribution is 0.651. The molecule has 0 aliphatic heterocycles. The van der Waals surface area contributed by atoms with Crippen LogP contribution in [0.5, 0.6) is 0 Å². The molecule has 0 saturated heterocycles. The van der Waals surface area contributed by atoms with Gasteiger partial charge in [0.05, 0.1) is 0 Å². The molecule has 1 rings (SSSR count). The van der Waals surface area contributed by atoms with E-state index < -0.39 is 11.1 Å². The highest BCUT2D eigenvalue weighted by atomic mass is 35.5. The second-order valence-corrected chi connectivity index (χ2v) is 2.70. The van der Waals surface area contributed by atoms with Gasteiger partial charge in [-0.05, 0) is 23.0 Å². The van der Waals surface area contributed by atoms with E-state index in [9.17, 15) is 8.78 Å². The highest BCUT2D eigenvalue weighted by Gasteiger charge is 2.05. The number of hydrogen-bond acceptors (Lipinski definition) is 1. The molecule has 4 heteroatoms. The van der Waals surface area contributed by atoms with Gasteiger partial charge in [0, 0.05) is 10.9 Å². The third-order valence-corrected chi connectivity index (χ3v) is 1.79. The van der Waals surface area contributed by atoms with Crippen molar-refractivity contribution in [3.8, 4) is 0 Å². The predicted molar refractivity (Wildman–Crippen MR) is 39.3 cm³/mol. The largest absolute Gasteiger partial charge is 0.225 e. The SMILES string of the molecule is F/C(Cl)=C(/F)c1ccsc1. The van der Waals surface area contributed by atoms with Crippen LogP contribution < -0.4 is 0 Å². The van der Waals surface area contributed by atoms with Crippen LogP contribution in [0, 0.1) is 0 Å². The summed E-state index contributed by atoms with van der Waals surface area (Å²) < 4.78 is 24.4. The minimum absolute atomic E-state index is 0.192. The Morgan fingerprint density at radius 2 is 2.20 bits per heavy atom. The van der Waals surface area contributed by atoms with Crippen molar-refractivity contribution in [3.63, 3.8) is 0 Å². The molecule has 0 radical (unpaired) electrons. The summed E-state index contributed by atoms with van der Waals surface area (Å²) in [5.41, 5.74) is 0.192. The lowest BCUT2D eigenvalue weighted by Gasteiger charge is -1.87. The van der Waals surface area contributed by atoms with Gasteiger partial charge >= 0.3 is 0 Å². The third kappa shape index (κ3) is 1.55. The molecule has 0 amide bonds. The van der Waals surface area contributed by atoms with Crippen LogP contribution in [-0.2, 0) is 0 Å². The fourth-order valence-corrected chi connectivity index (χ4v) is 1.24. The summed E-state index contributed by atoms with van der Waals surface area (Å²) in [5, 5.41) is 1.84. The minimum Gasteiger partial charge on any atom is -0.202 e. The van der Waals surface area contributed by atoms with Gasteiger partial charge in [0.15, 0.2) is 5.83 Å². The Morgan fingerprint density at radius 3 is 2.60 bits per heavy atom. The molecule has 0 N–H and O–H groups in total. The van der Waals surface area contributed by atoms with E-state index in [-0.39, 0.29) is 5.56 Å². The van der Waals surface area contributed by atoms with Gasteiger partial charge in [0.25, 0.3) is 0 Å². The molecule has 0 atom stereocenters. The van der Waals surface area contributed by atoms with E-state index in [2.05, 4.69) is 0 Å². The molecule has 0 aromatic carbocycles. The molecule has 1 heterocycles. The van der Waals surface area contributed by atoms with Crippen LogP contribution in [0.3, 0.4) is 0 Å². The summed E-state index contributed by atoms with van der Waals surface area (Å²) in [7, 11) is 0. The number of hydrogen-bond donors (Lipinski definition) is 0. The summed E-state index contributed by atoms with van der Waals surface area (Å²) in [4.78, 5) is 0. The maximum atomic E-state index is 12.5. The lowest BCUT2D eigenvalue weighted by Crippen LogP contribution is -1.70. The predicted octanol–water partition coefficient (Wildman–Crippen LogP) is 3.55. The molecule has 54 valence electrons. The molecular weight excluding hydrogens is 178 g/mol. The maximum Gasteiger partial charge on any atom is 0.225 e. The standard InChI is InChI=1S/C6H3ClF2S/c7-6(9)5(8)4-1-2-10-3-4/h1-3H/b6-5+. The van der Waals surface area contributed by atoms with Gasteiger partial charge < -0.3 is 0 Å². The van der Waals surface area contributed by atoms with Gasteiger partial charge in [-0.2, -0.15) is 15.7 Å².